The van der Waals surface area contributed by atoms with Gasteiger partial charge < -0.3 is 20.1 Å². The summed E-state index contributed by atoms with van der Waals surface area (Å²) in [5.41, 5.74) is 1.22. The molecule has 0 bridgehead atoms. The summed E-state index contributed by atoms with van der Waals surface area (Å²) < 4.78 is 11.4. The Labute approximate surface area is 167 Å². The lowest BCUT2D eigenvalue weighted by molar-refractivity contribution is 0.0954. The first-order valence-corrected chi connectivity index (χ1v) is 9.46. The van der Waals surface area contributed by atoms with E-state index < -0.39 is 0 Å². The Hall–Kier alpha value is -2.38. The lowest BCUT2D eigenvalue weighted by Crippen LogP contribution is -2.26. The number of carbonyl (C=O) groups excluding carboxylic acids is 2. The van der Waals surface area contributed by atoms with E-state index in [2.05, 4.69) is 26.6 Å². The Kier molecular flexibility index (Phi) is 8.29. The molecule has 2 N–H and O–H groups in total. The minimum absolute atomic E-state index is 0.224. The summed E-state index contributed by atoms with van der Waals surface area (Å²) in [4.78, 5) is 25.2. The molecule has 0 aliphatic rings. The predicted octanol–water partition coefficient (Wildman–Crippen LogP) is 3.87. The van der Waals surface area contributed by atoms with E-state index in [9.17, 15) is 9.59 Å². The highest BCUT2D eigenvalue weighted by molar-refractivity contribution is 9.10. The van der Waals surface area contributed by atoms with Gasteiger partial charge in [0.05, 0.1) is 23.4 Å². The fraction of sp³-hybridized carbons (Fsp3) is 0.300. The van der Waals surface area contributed by atoms with Gasteiger partial charge in [0.15, 0.2) is 0 Å². The maximum atomic E-state index is 12.8. The maximum absolute atomic E-state index is 12.8. The summed E-state index contributed by atoms with van der Waals surface area (Å²) in [6, 6.07) is 12.1. The number of nitrogens with one attached hydrogen (secondary N) is 2. The van der Waals surface area contributed by atoms with Gasteiger partial charge in [0.1, 0.15) is 12.4 Å². The van der Waals surface area contributed by atoms with Crippen LogP contribution in [-0.2, 0) is 4.74 Å². The Bertz CT molecular complexity index is 795. The van der Waals surface area contributed by atoms with Crippen molar-refractivity contribution in [1.82, 2.24) is 5.32 Å². The molecule has 0 aliphatic carbocycles. The third kappa shape index (κ3) is 6.08. The van der Waals surface area contributed by atoms with Crippen molar-refractivity contribution in [2.24, 2.45) is 0 Å². The zero-order chi connectivity index (χ0) is 19.6. The van der Waals surface area contributed by atoms with Gasteiger partial charge in [-0.15, -0.1) is 0 Å². The molecule has 2 amide bonds. The smallest absolute Gasteiger partial charge is 0.259 e. The van der Waals surface area contributed by atoms with E-state index in [1.165, 1.54) is 0 Å². The van der Waals surface area contributed by atoms with Crippen molar-refractivity contribution in [3.8, 4) is 5.75 Å². The Morgan fingerprint density at radius 2 is 1.81 bits per heavy atom. The minimum atomic E-state index is -0.362. The maximum Gasteiger partial charge on any atom is 0.259 e. The molecule has 0 heterocycles. The molecule has 2 aromatic rings. The summed E-state index contributed by atoms with van der Waals surface area (Å²) in [6.07, 6.45) is 0.834. The largest absolute Gasteiger partial charge is 0.490 e. The quantitative estimate of drug-likeness (QED) is 0.587. The van der Waals surface area contributed by atoms with Gasteiger partial charge in [-0.25, -0.2) is 0 Å². The van der Waals surface area contributed by atoms with E-state index in [0.29, 0.717) is 42.3 Å². The average Bonchev–Trinajstić information content (AvgIpc) is 2.67. The molecular weight excluding hydrogens is 412 g/mol. The third-order valence-corrected chi connectivity index (χ3v) is 4.18. The van der Waals surface area contributed by atoms with Gasteiger partial charge in [-0.1, -0.05) is 35.0 Å². The number of amides is 2. The highest BCUT2D eigenvalue weighted by Crippen LogP contribution is 2.25. The highest BCUT2D eigenvalue weighted by atomic mass is 79.9. The van der Waals surface area contributed by atoms with E-state index >= 15 is 0 Å². The Morgan fingerprint density at radius 1 is 1.04 bits per heavy atom. The van der Waals surface area contributed by atoms with Gasteiger partial charge in [0.2, 0.25) is 0 Å². The molecule has 2 aromatic carbocycles. The fourth-order valence-corrected chi connectivity index (χ4v) is 2.72. The molecular formula is C20H23BrN2O4. The molecule has 0 fully saturated rings. The van der Waals surface area contributed by atoms with E-state index in [0.717, 1.165) is 10.9 Å². The number of hydrogen-bond donors (Lipinski definition) is 2. The number of para-hydroxylation sites is 1. The molecule has 6 nitrogen and oxygen atoms in total. The number of carbonyl (C=O) groups is 2. The van der Waals surface area contributed by atoms with Crippen molar-refractivity contribution < 1.29 is 19.1 Å². The van der Waals surface area contributed by atoms with Gasteiger partial charge in [0.25, 0.3) is 11.8 Å². The van der Waals surface area contributed by atoms with E-state index in [1.807, 2.05) is 6.92 Å². The zero-order valence-corrected chi connectivity index (χ0v) is 17.0. The average molecular weight is 435 g/mol. The summed E-state index contributed by atoms with van der Waals surface area (Å²) in [5.74, 6) is -0.140. The van der Waals surface area contributed by atoms with Crippen LogP contribution in [0.4, 0.5) is 5.69 Å². The molecule has 0 unspecified atom stereocenters. The van der Waals surface area contributed by atoms with Crippen LogP contribution >= 0.6 is 15.9 Å². The molecule has 7 heteroatoms. The second kappa shape index (κ2) is 10.7. The van der Waals surface area contributed by atoms with Crippen LogP contribution < -0.4 is 15.4 Å². The van der Waals surface area contributed by atoms with E-state index in [1.54, 1.807) is 49.6 Å². The van der Waals surface area contributed by atoms with Crippen LogP contribution in [0, 0.1) is 0 Å². The van der Waals surface area contributed by atoms with E-state index in [4.69, 9.17) is 9.47 Å². The first kappa shape index (κ1) is 20.9. The second-order valence-corrected chi connectivity index (χ2v) is 6.65. The molecule has 0 aliphatic heterocycles. The fourth-order valence-electron chi connectivity index (χ4n) is 2.35. The van der Waals surface area contributed by atoms with Crippen LogP contribution in [0.5, 0.6) is 5.75 Å². The SMILES string of the molecule is CCCNC(=O)c1ccccc1NC(=O)c1cc(Br)ccc1OCCOC. The number of halogens is 1. The molecule has 0 spiro atoms. The zero-order valence-electron chi connectivity index (χ0n) is 15.4. The van der Waals surface area contributed by atoms with Crippen molar-refractivity contribution >= 4 is 33.4 Å². The molecule has 0 saturated heterocycles. The molecule has 0 radical (unpaired) electrons. The van der Waals surface area contributed by atoms with Crippen molar-refractivity contribution in [2.75, 3.05) is 32.2 Å². The van der Waals surface area contributed by atoms with Crippen LogP contribution in [0.1, 0.15) is 34.1 Å². The monoisotopic (exact) mass is 434 g/mol. The molecule has 0 atom stereocenters. The molecule has 144 valence electrons. The number of rotatable bonds is 9. The standard InChI is InChI=1S/C20H23BrN2O4/c1-3-10-22-19(24)15-6-4-5-7-17(15)23-20(25)16-13-14(21)8-9-18(16)27-12-11-26-2/h4-9,13H,3,10-12H2,1-2H3,(H,22,24)(H,23,25). The van der Waals surface area contributed by atoms with Gasteiger partial charge in [-0.05, 0) is 36.8 Å². The predicted molar refractivity (Wildman–Crippen MR) is 109 cm³/mol. The molecule has 0 aromatic heterocycles. The highest BCUT2D eigenvalue weighted by Gasteiger charge is 2.17. The molecule has 2 rings (SSSR count). The van der Waals surface area contributed by atoms with Crippen molar-refractivity contribution in [3.63, 3.8) is 0 Å². The van der Waals surface area contributed by atoms with Gasteiger partial charge in [-0.2, -0.15) is 0 Å². The van der Waals surface area contributed by atoms with Gasteiger partial charge in [0, 0.05) is 18.1 Å². The van der Waals surface area contributed by atoms with Gasteiger partial charge >= 0.3 is 0 Å². The summed E-state index contributed by atoms with van der Waals surface area (Å²) in [5, 5.41) is 5.63. The molecule has 0 saturated carbocycles. The summed E-state index contributed by atoms with van der Waals surface area (Å²) >= 11 is 3.37. The van der Waals surface area contributed by atoms with E-state index in [-0.39, 0.29) is 11.8 Å². The summed E-state index contributed by atoms with van der Waals surface area (Å²) in [6.45, 7) is 3.29. The Morgan fingerprint density at radius 3 is 2.56 bits per heavy atom. The van der Waals surface area contributed by atoms with Crippen molar-refractivity contribution in [2.45, 2.75) is 13.3 Å². The number of hydrogen-bond acceptors (Lipinski definition) is 4. The molecule has 27 heavy (non-hydrogen) atoms. The second-order valence-electron chi connectivity index (χ2n) is 5.74. The third-order valence-electron chi connectivity index (χ3n) is 3.69. The topological polar surface area (TPSA) is 76.7 Å². The van der Waals surface area contributed by atoms with Crippen molar-refractivity contribution in [3.05, 3.63) is 58.1 Å². The van der Waals surface area contributed by atoms with Crippen LogP contribution in [-0.4, -0.2) is 38.7 Å². The Balaban J connectivity index is 2.22. The normalized spacial score (nSPS) is 10.3. The van der Waals surface area contributed by atoms with Crippen molar-refractivity contribution in [1.29, 1.82) is 0 Å². The first-order chi connectivity index (χ1) is 13.1. The number of ether oxygens (including phenoxy) is 2. The van der Waals surface area contributed by atoms with Gasteiger partial charge in [-0.3, -0.25) is 9.59 Å². The lowest BCUT2D eigenvalue weighted by Gasteiger charge is -2.14. The summed E-state index contributed by atoms with van der Waals surface area (Å²) in [7, 11) is 1.58. The number of anilines is 1. The minimum Gasteiger partial charge on any atom is -0.490 e. The lowest BCUT2D eigenvalue weighted by atomic mass is 10.1. The first-order valence-electron chi connectivity index (χ1n) is 8.66. The number of methoxy groups -OCH3 is 1. The van der Waals surface area contributed by atoms with Crippen LogP contribution in [0.25, 0.3) is 0 Å². The van der Waals surface area contributed by atoms with Crippen LogP contribution in [0.3, 0.4) is 0 Å². The van der Waals surface area contributed by atoms with Crippen LogP contribution in [0.2, 0.25) is 0 Å². The van der Waals surface area contributed by atoms with Crippen LogP contribution in [0.15, 0.2) is 46.9 Å². The number of benzene rings is 2.